The summed E-state index contributed by atoms with van der Waals surface area (Å²) < 4.78 is 0. The molecule has 0 saturated carbocycles. The zero-order valence-electron chi connectivity index (χ0n) is 29.6. The van der Waals surface area contributed by atoms with Crippen molar-refractivity contribution in [2.24, 2.45) is 0 Å². The minimum Gasteiger partial charge on any atom is -0.0616 e. The fraction of sp³-hybridized carbons (Fsp3) is 0. The Morgan fingerprint density at radius 1 is 0.185 bits per heavy atom. The van der Waals surface area contributed by atoms with Gasteiger partial charge in [0.15, 0.2) is 0 Å². The Hall–Kier alpha value is -7.02. The summed E-state index contributed by atoms with van der Waals surface area (Å²) in [4.78, 5) is 0. The lowest BCUT2D eigenvalue weighted by molar-refractivity contribution is 1.61. The topological polar surface area (TPSA) is 0 Å². The molecule has 0 aliphatic rings. The van der Waals surface area contributed by atoms with Crippen LogP contribution in [-0.2, 0) is 0 Å². The van der Waals surface area contributed by atoms with E-state index in [2.05, 4.69) is 206 Å². The highest BCUT2D eigenvalue weighted by Crippen LogP contribution is 2.49. The molecular formula is C54H34. The molecule has 0 radical (unpaired) electrons. The second kappa shape index (κ2) is 12.3. The fourth-order valence-electron chi connectivity index (χ4n) is 9.04. The van der Waals surface area contributed by atoms with Gasteiger partial charge in [0.25, 0.3) is 0 Å². The van der Waals surface area contributed by atoms with Crippen LogP contribution in [0.25, 0.3) is 109 Å². The Morgan fingerprint density at radius 2 is 0.537 bits per heavy atom. The summed E-state index contributed by atoms with van der Waals surface area (Å²) in [6.45, 7) is 0. The van der Waals surface area contributed by atoms with Crippen molar-refractivity contribution in [3.05, 3.63) is 206 Å². The number of benzene rings is 11. The van der Waals surface area contributed by atoms with Gasteiger partial charge in [0.1, 0.15) is 0 Å². The zero-order chi connectivity index (χ0) is 35.6. The number of hydrogen-bond acceptors (Lipinski definition) is 0. The Balaban J connectivity index is 1.19. The van der Waals surface area contributed by atoms with Crippen LogP contribution in [0.5, 0.6) is 0 Å². The standard InChI is InChI=1S/C54H34/c1-3-17-39-37(15-1)33-51(45-23-7-5-19-41(39)45)35-29-31-36(32-30-35)53-48-26-12-9-21-43(48)44-22-10-13-27-49(44)54(53)50-28-14-11-25-47(50)52-34-38-16-2-4-18-40(38)42-20-6-8-24-46(42)52/h1-34H. The van der Waals surface area contributed by atoms with Gasteiger partial charge >= 0.3 is 0 Å². The number of hydrogen-bond donors (Lipinski definition) is 0. The Bertz CT molecular complexity index is 3260. The lowest BCUT2D eigenvalue weighted by Gasteiger charge is -2.22. The van der Waals surface area contributed by atoms with Gasteiger partial charge in [-0.05, 0) is 121 Å². The Morgan fingerprint density at radius 3 is 1.09 bits per heavy atom. The van der Waals surface area contributed by atoms with E-state index >= 15 is 0 Å². The zero-order valence-corrected chi connectivity index (χ0v) is 29.6. The minimum absolute atomic E-state index is 1.21. The molecule has 0 unspecified atom stereocenters. The number of fused-ring (bicyclic) bond motifs is 9. The normalized spacial score (nSPS) is 11.7. The average molecular weight is 683 g/mol. The van der Waals surface area contributed by atoms with E-state index in [0.29, 0.717) is 0 Å². The molecule has 0 aliphatic carbocycles. The van der Waals surface area contributed by atoms with Crippen molar-refractivity contribution in [2.75, 3.05) is 0 Å². The van der Waals surface area contributed by atoms with Crippen molar-refractivity contribution in [1.82, 2.24) is 0 Å². The summed E-state index contributed by atoms with van der Waals surface area (Å²) in [7, 11) is 0. The fourth-order valence-corrected chi connectivity index (χ4v) is 9.04. The van der Waals surface area contributed by atoms with E-state index in [9.17, 15) is 0 Å². The highest BCUT2D eigenvalue weighted by atomic mass is 14.2. The molecule has 0 saturated heterocycles. The molecule has 11 aromatic rings. The molecule has 0 bridgehead atoms. The summed E-state index contributed by atoms with van der Waals surface area (Å²) >= 11 is 0. The van der Waals surface area contributed by atoms with Crippen LogP contribution >= 0.6 is 0 Å². The highest BCUT2D eigenvalue weighted by molar-refractivity contribution is 6.24. The quantitative estimate of drug-likeness (QED) is 0.162. The predicted molar refractivity (Wildman–Crippen MR) is 233 cm³/mol. The van der Waals surface area contributed by atoms with Crippen LogP contribution in [0.4, 0.5) is 0 Å². The van der Waals surface area contributed by atoms with Gasteiger partial charge in [0.2, 0.25) is 0 Å². The van der Waals surface area contributed by atoms with Gasteiger partial charge < -0.3 is 0 Å². The molecule has 0 spiro atoms. The van der Waals surface area contributed by atoms with Crippen molar-refractivity contribution in [3.63, 3.8) is 0 Å². The molecule has 54 heavy (non-hydrogen) atoms. The van der Waals surface area contributed by atoms with E-state index < -0.39 is 0 Å². The molecule has 0 atom stereocenters. The van der Waals surface area contributed by atoms with Crippen molar-refractivity contribution in [1.29, 1.82) is 0 Å². The molecule has 250 valence electrons. The van der Waals surface area contributed by atoms with Crippen LogP contribution in [-0.4, -0.2) is 0 Å². The maximum absolute atomic E-state index is 2.39. The smallest absolute Gasteiger partial charge is 0.00141 e. The molecule has 11 rings (SSSR count). The first-order valence-electron chi connectivity index (χ1n) is 18.8. The molecule has 0 heterocycles. The maximum Gasteiger partial charge on any atom is -0.00141 e. The summed E-state index contributed by atoms with van der Waals surface area (Å²) in [5.74, 6) is 0. The summed E-state index contributed by atoms with van der Waals surface area (Å²) in [5, 5.41) is 15.2. The second-order valence-electron chi connectivity index (χ2n) is 14.3. The molecule has 11 aromatic carbocycles. The highest BCUT2D eigenvalue weighted by Gasteiger charge is 2.21. The van der Waals surface area contributed by atoms with E-state index in [4.69, 9.17) is 0 Å². The van der Waals surface area contributed by atoms with E-state index in [0.717, 1.165) is 0 Å². The van der Waals surface area contributed by atoms with E-state index in [1.807, 2.05) is 0 Å². The SMILES string of the molecule is c1ccc(-c2c(-c3ccc(-c4cc5ccccc5c5ccccc45)cc3)c3ccccc3c3ccccc23)c(-c2cc3ccccc3c3ccccc23)c1. The largest absolute Gasteiger partial charge is 0.0616 e. The predicted octanol–water partition coefficient (Wildman–Crippen LogP) is 15.3. The summed E-state index contributed by atoms with van der Waals surface area (Å²) in [5.41, 5.74) is 9.93. The lowest BCUT2D eigenvalue weighted by atomic mass is 9.81. The van der Waals surface area contributed by atoms with Gasteiger partial charge in [-0.25, -0.2) is 0 Å². The Kier molecular flexibility index (Phi) is 6.97. The first-order valence-corrected chi connectivity index (χ1v) is 18.8. The molecule has 0 aromatic heterocycles. The molecule has 0 amide bonds. The van der Waals surface area contributed by atoms with Gasteiger partial charge in [0.05, 0.1) is 0 Å². The van der Waals surface area contributed by atoms with Crippen LogP contribution < -0.4 is 0 Å². The third-order valence-electron chi connectivity index (χ3n) is 11.4. The monoisotopic (exact) mass is 682 g/mol. The van der Waals surface area contributed by atoms with Crippen LogP contribution in [0.1, 0.15) is 0 Å². The van der Waals surface area contributed by atoms with Crippen LogP contribution in [0.15, 0.2) is 206 Å². The van der Waals surface area contributed by atoms with Crippen molar-refractivity contribution in [2.45, 2.75) is 0 Å². The van der Waals surface area contributed by atoms with Gasteiger partial charge in [-0.3, -0.25) is 0 Å². The van der Waals surface area contributed by atoms with Crippen LogP contribution in [0, 0.1) is 0 Å². The van der Waals surface area contributed by atoms with Gasteiger partial charge in [-0.2, -0.15) is 0 Å². The maximum atomic E-state index is 2.39. The van der Waals surface area contributed by atoms with Crippen molar-refractivity contribution >= 4 is 64.6 Å². The summed E-state index contributed by atoms with van der Waals surface area (Å²) in [6.07, 6.45) is 0. The lowest BCUT2D eigenvalue weighted by Crippen LogP contribution is -1.94. The van der Waals surface area contributed by atoms with Crippen molar-refractivity contribution < 1.29 is 0 Å². The second-order valence-corrected chi connectivity index (χ2v) is 14.3. The van der Waals surface area contributed by atoms with Gasteiger partial charge in [0, 0.05) is 0 Å². The van der Waals surface area contributed by atoms with Crippen LogP contribution in [0.2, 0.25) is 0 Å². The first-order chi connectivity index (χ1) is 26.8. The molecule has 0 aliphatic heterocycles. The Labute approximate surface area is 314 Å². The van der Waals surface area contributed by atoms with E-state index in [1.54, 1.807) is 0 Å². The molecule has 0 N–H and O–H groups in total. The van der Waals surface area contributed by atoms with Gasteiger partial charge in [-0.1, -0.05) is 194 Å². The van der Waals surface area contributed by atoms with Crippen molar-refractivity contribution in [3.8, 4) is 44.5 Å². The van der Waals surface area contributed by atoms with Gasteiger partial charge in [-0.15, -0.1) is 0 Å². The molecule has 0 heteroatoms. The average Bonchev–Trinajstić information content (AvgIpc) is 3.25. The van der Waals surface area contributed by atoms with E-state index in [-0.39, 0.29) is 0 Å². The molecule has 0 nitrogen and oxygen atoms in total. The molecule has 0 fully saturated rings. The first kappa shape index (κ1) is 30.6. The summed E-state index contributed by atoms with van der Waals surface area (Å²) in [6, 6.07) is 76.2. The van der Waals surface area contributed by atoms with E-state index in [1.165, 1.54) is 109 Å². The number of rotatable bonds is 4. The third-order valence-corrected chi connectivity index (χ3v) is 11.4. The van der Waals surface area contributed by atoms with Crippen LogP contribution in [0.3, 0.4) is 0 Å². The minimum atomic E-state index is 1.21. The molecular weight excluding hydrogens is 649 g/mol. The third kappa shape index (κ3) is 4.71.